The van der Waals surface area contributed by atoms with Crippen LogP contribution in [0.3, 0.4) is 0 Å². The van der Waals surface area contributed by atoms with Crippen LogP contribution in [0.1, 0.15) is 41.6 Å². The zero-order chi connectivity index (χ0) is 21.3. The van der Waals surface area contributed by atoms with Crippen molar-refractivity contribution in [3.8, 4) is 0 Å². The van der Waals surface area contributed by atoms with E-state index < -0.39 is 12.2 Å². The van der Waals surface area contributed by atoms with Gasteiger partial charge in [-0.3, -0.25) is 4.79 Å². The molecule has 1 aliphatic heterocycles. The lowest BCUT2D eigenvalue weighted by atomic mass is 9.88. The van der Waals surface area contributed by atoms with Gasteiger partial charge in [0.2, 0.25) is 0 Å². The van der Waals surface area contributed by atoms with E-state index in [2.05, 4.69) is 9.72 Å². The molecule has 0 amide bonds. The summed E-state index contributed by atoms with van der Waals surface area (Å²) in [4.78, 5) is 16.8. The van der Waals surface area contributed by atoms with Gasteiger partial charge in [-0.25, -0.2) is 4.98 Å². The first kappa shape index (κ1) is 20.4. The van der Waals surface area contributed by atoms with Gasteiger partial charge in [-0.2, -0.15) is 0 Å². The molecule has 30 heavy (non-hydrogen) atoms. The van der Waals surface area contributed by atoms with Crippen LogP contribution in [0.15, 0.2) is 42.6 Å². The Morgan fingerprint density at radius 1 is 1.17 bits per heavy atom. The SMILES string of the molecule is COCCO[C@H]1c2ccn3c(C)c(C)nc3c2N[C@H](c2ccccc2)[C@H]1OC(C)=O. The van der Waals surface area contributed by atoms with E-state index in [9.17, 15) is 4.79 Å². The van der Waals surface area contributed by atoms with Gasteiger partial charge in [-0.15, -0.1) is 0 Å². The lowest BCUT2D eigenvalue weighted by Crippen LogP contribution is -2.41. The van der Waals surface area contributed by atoms with Crippen molar-refractivity contribution < 1.29 is 19.0 Å². The number of hydrogen-bond donors (Lipinski definition) is 1. The van der Waals surface area contributed by atoms with Gasteiger partial charge in [-0.05, 0) is 25.5 Å². The van der Waals surface area contributed by atoms with Crippen molar-refractivity contribution in [2.24, 2.45) is 0 Å². The number of aryl methyl sites for hydroxylation is 2. The minimum absolute atomic E-state index is 0.279. The second kappa shape index (κ2) is 8.45. The Morgan fingerprint density at radius 3 is 2.63 bits per heavy atom. The number of carbonyl (C=O) groups is 1. The van der Waals surface area contributed by atoms with Crippen LogP contribution in [0.5, 0.6) is 0 Å². The van der Waals surface area contributed by atoms with Crippen LogP contribution in [-0.4, -0.2) is 41.8 Å². The summed E-state index contributed by atoms with van der Waals surface area (Å²) < 4.78 is 19.3. The molecular formula is C23H27N3O4. The third kappa shape index (κ3) is 3.66. The molecule has 4 rings (SSSR count). The van der Waals surface area contributed by atoms with Crippen LogP contribution in [0.4, 0.5) is 5.69 Å². The molecule has 0 unspecified atom stereocenters. The van der Waals surface area contributed by atoms with Crippen molar-refractivity contribution in [3.63, 3.8) is 0 Å². The molecule has 0 bridgehead atoms. The van der Waals surface area contributed by atoms with Gasteiger partial charge in [0.1, 0.15) is 6.10 Å². The van der Waals surface area contributed by atoms with Crippen LogP contribution in [0.2, 0.25) is 0 Å². The van der Waals surface area contributed by atoms with Gasteiger partial charge in [0, 0.05) is 31.5 Å². The maximum Gasteiger partial charge on any atom is 0.303 e. The van der Waals surface area contributed by atoms with Gasteiger partial charge < -0.3 is 23.9 Å². The molecule has 0 aliphatic carbocycles. The highest BCUT2D eigenvalue weighted by Gasteiger charge is 2.41. The first-order valence-corrected chi connectivity index (χ1v) is 10.1. The molecule has 0 fully saturated rings. The Labute approximate surface area is 176 Å². The number of esters is 1. The second-order valence-electron chi connectivity index (χ2n) is 7.51. The summed E-state index contributed by atoms with van der Waals surface area (Å²) in [7, 11) is 1.63. The van der Waals surface area contributed by atoms with Gasteiger partial charge in [0.25, 0.3) is 0 Å². The molecule has 3 aromatic rings. The largest absolute Gasteiger partial charge is 0.457 e. The van der Waals surface area contributed by atoms with Crippen molar-refractivity contribution in [2.75, 3.05) is 25.6 Å². The molecule has 0 saturated heterocycles. The van der Waals surface area contributed by atoms with Crippen LogP contribution in [-0.2, 0) is 19.0 Å². The minimum Gasteiger partial charge on any atom is -0.457 e. The number of rotatable bonds is 6. The van der Waals surface area contributed by atoms with Crippen LogP contribution < -0.4 is 5.32 Å². The zero-order valence-corrected chi connectivity index (χ0v) is 17.7. The van der Waals surface area contributed by atoms with E-state index in [1.54, 1.807) is 7.11 Å². The first-order chi connectivity index (χ1) is 14.5. The molecule has 1 N–H and O–H groups in total. The number of nitrogens with zero attached hydrogens (tertiary/aromatic N) is 2. The lowest BCUT2D eigenvalue weighted by Gasteiger charge is -2.40. The van der Waals surface area contributed by atoms with E-state index >= 15 is 0 Å². The summed E-state index contributed by atoms with van der Waals surface area (Å²) in [6, 6.07) is 11.7. The number of benzene rings is 1. The molecule has 3 heterocycles. The zero-order valence-electron chi connectivity index (χ0n) is 17.7. The number of nitrogens with one attached hydrogen (secondary N) is 1. The van der Waals surface area contributed by atoms with Gasteiger partial charge in [-0.1, -0.05) is 30.3 Å². The minimum atomic E-state index is -0.533. The maximum absolute atomic E-state index is 12.0. The Bertz CT molecular complexity index is 1050. The predicted molar refractivity (Wildman–Crippen MR) is 114 cm³/mol. The molecule has 7 nitrogen and oxygen atoms in total. The summed E-state index contributed by atoms with van der Waals surface area (Å²) in [5.41, 5.74) is 5.72. The summed E-state index contributed by atoms with van der Waals surface area (Å²) in [5.74, 6) is -0.347. The monoisotopic (exact) mass is 409 g/mol. The molecule has 3 atom stereocenters. The van der Waals surface area contributed by atoms with Crippen LogP contribution in [0, 0.1) is 13.8 Å². The number of ether oxygens (including phenoxy) is 3. The van der Waals surface area contributed by atoms with Gasteiger partial charge >= 0.3 is 5.97 Å². The quantitative estimate of drug-likeness (QED) is 0.494. The van der Waals surface area contributed by atoms with E-state index in [0.717, 1.165) is 33.8 Å². The molecule has 0 saturated carbocycles. The summed E-state index contributed by atoms with van der Waals surface area (Å²) in [5, 5.41) is 3.60. The van der Waals surface area contributed by atoms with E-state index in [-0.39, 0.29) is 12.0 Å². The van der Waals surface area contributed by atoms with Crippen molar-refractivity contribution in [1.29, 1.82) is 0 Å². The third-order valence-corrected chi connectivity index (χ3v) is 5.58. The average molecular weight is 409 g/mol. The molecule has 1 aromatic carbocycles. The van der Waals surface area contributed by atoms with Crippen molar-refractivity contribution in [1.82, 2.24) is 9.38 Å². The Morgan fingerprint density at radius 2 is 1.93 bits per heavy atom. The highest BCUT2D eigenvalue weighted by Crippen LogP contribution is 2.44. The van der Waals surface area contributed by atoms with Crippen molar-refractivity contribution in [2.45, 2.75) is 39.0 Å². The number of methoxy groups -OCH3 is 1. The molecule has 0 spiro atoms. The third-order valence-electron chi connectivity index (χ3n) is 5.58. The Kier molecular flexibility index (Phi) is 5.74. The average Bonchev–Trinajstić information content (AvgIpc) is 3.03. The fourth-order valence-corrected chi connectivity index (χ4v) is 4.03. The number of hydrogen-bond acceptors (Lipinski definition) is 6. The van der Waals surface area contributed by atoms with E-state index in [1.165, 1.54) is 6.92 Å². The van der Waals surface area contributed by atoms with E-state index in [0.29, 0.717) is 13.2 Å². The standard InChI is InChI=1S/C23H27N3O4/c1-14-15(2)26-11-10-18-20(23(26)24-14)25-19(17-8-6-5-7-9-17)22(30-16(3)27)21(18)29-13-12-28-4/h5-11,19,21-22,25H,12-13H2,1-4H3/t19-,21+,22-/m1/s1. The summed E-state index contributed by atoms with van der Waals surface area (Å²) >= 11 is 0. The van der Waals surface area contributed by atoms with Crippen molar-refractivity contribution >= 4 is 17.3 Å². The maximum atomic E-state index is 12.0. The summed E-state index contributed by atoms with van der Waals surface area (Å²) in [6.07, 6.45) is 1.01. The summed E-state index contributed by atoms with van der Waals surface area (Å²) in [6.45, 7) is 6.31. The van der Waals surface area contributed by atoms with Crippen LogP contribution >= 0.6 is 0 Å². The first-order valence-electron chi connectivity index (χ1n) is 10.1. The normalized spacial score (nSPS) is 20.6. The highest BCUT2D eigenvalue weighted by atomic mass is 16.6. The smallest absolute Gasteiger partial charge is 0.303 e. The number of aromatic nitrogens is 2. The van der Waals surface area contributed by atoms with E-state index in [4.69, 9.17) is 19.2 Å². The molecule has 0 radical (unpaired) electrons. The lowest BCUT2D eigenvalue weighted by molar-refractivity contribution is -0.158. The molecule has 2 aromatic heterocycles. The number of pyridine rings is 1. The van der Waals surface area contributed by atoms with E-state index in [1.807, 2.05) is 56.4 Å². The van der Waals surface area contributed by atoms with Crippen molar-refractivity contribution in [3.05, 3.63) is 65.1 Å². The topological polar surface area (TPSA) is 74.1 Å². The van der Waals surface area contributed by atoms with Crippen LogP contribution in [0.25, 0.3) is 5.65 Å². The van der Waals surface area contributed by atoms with Gasteiger partial charge in [0.05, 0.1) is 30.6 Å². The molecule has 7 heteroatoms. The van der Waals surface area contributed by atoms with Gasteiger partial charge in [0.15, 0.2) is 11.8 Å². The predicted octanol–water partition coefficient (Wildman–Crippen LogP) is 3.75. The second-order valence-corrected chi connectivity index (χ2v) is 7.51. The molecule has 158 valence electrons. The number of anilines is 1. The number of imidazole rings is 1. The number of carbonyl (C=O) groups excluding carboxylic acids is 1. The Balaban J connectivity index is 1.87. The number of fused-ring (bicyclic) bond motifs is 3. The molecular weight excluding hydrogens is 382 g/mol. The molecule has 1 aliphatic rings. The fourth-order valence-electron chi connectivity index (χ4n) is 4.03. The highest BCUT2D eigenvalue weighted by molar-refractivity contribution is 5.76. The Hall–Kier alpha value is -2.90. The fraction of sp³-hybridized carbons (Fsp3) is 0.391.